The number of nitrogens with two attached hydrogens (primary N) is 1. The van der Waals surface area contributed by atoms with E-state index in [1.165, 1.54) is 6.92 Å². The van der Waals surface area contributed by atoms with Crippen LogP contribution in [-0.2, 0) is 16.0 Å². The molecule has 0 aliphatic heterocycles. The molecule has 0 spiro atoms. The lowest BCUT2D eigenvalue weighted by atomic mass is 10.0. The number of primary amides is 1. The summed E-state index contributed by atoms with van der Waals surface area (Å²) in [6, 6.07) is 7.12. The van der Waals surface area contributed by atoms with E-state index in [4.69, 9.17) is 5.73 Å². The van der Waals surface area contributed by atoms with Crippen molar-refractivity contribution in [2.75, 3.05) is 0 Å². The lowest BCUT2D eigenvalue weighted by Crippen LogP contribution is -2.44. The minimum atomic E-state index is -0.640. The molecule has 0 aliphatic rings. The molecule has 0 fully saturated rings. The van der Waals surface area contributed by atoms with E-state index in [0.717, 1.165) is 11.1 Å². The van der Waals surface area contributed by atoms with Gasteiger partial charge >= 0.3 is 0 Å². The lowest BCUT2D eigenvalue weighted by molar-refractivity contribution is -0.126. The van der Waals surface area contributed by atoms with Gasteiger partial charge in [-0.05, 0) is 12.5 Å². The Hall–Kier alpha value is -1.84. The van der Waals surface area contributed by atoms with Crippen molar-refractivity contribution in [2.45, 2.75) is 26.3 Å². The van der Waals surface area contributed by atoms with Gasteiger partial charge in [0.15, 0.2) is 0 Å². The van der Waals surface area contributed by atoms with Crippen LogP contribution >= 0.6 is 0 Å². The van der Waals surface area contributed by atoms with Gasteiger partial charge in [-0.1, -0.05) is 29.8 Å². The topological polar surface area (TPSA) is 72.2 Å². The van der Waals surface area contributed by atoms with Crippen LogP contribution in [0.15, 0.2) is 24.3 Å². The first-order chi connectivity index (χ1) is 7.49. The van der Waals surface area contributed by atoms with Gasteiger partial charge in [0.25, 0.3) is 0 Å². The van der Waals surface area contributed by atoms with Crippen LogP contribution in [0.2, 0.25) is 0 Å². The molecule has 0 unspecified atom stereocenters. The first-order valence-electron chi connectivity index (χ1n) is 5.11. The second kappa shape index (κ2) is 5.30. The van der Waals surface area contributed by atoms with Crippen molar-refractivity contribution >= 4 is 11.8 Å². The zero-order chi connectivity index (χ0) is 12.1. The summed E-state index contributed by atoms with van der Waals surface area (Å²) in [6.07, 6.45) is 0.427. The maximum Gasteiger partial charge on any atom is 0.240 e. The van der Waals surface area contributed by atoms with Gasteiger partial charge in [-0.3, -0.25) is 9.59 Å². The number of benzene rings is 1. The Labute approximate surface area is 94.8 Å². The largest absolute Gasteiger partial charge is 0.368 e. The van der Waals surface area contributed by atoms with Crippen molar-refractivity contribution in [3.8, 4) is 0 Å². The maximum atomic E-state index is 11.1. The third kappa shape index (κ3) is 3.73. The van der Waals surface area contributed by atoms with E-state index < -0.39 is 11.9 Å². The molecule has 0 saturated carbocycles. The van der Waals surface area contributed by atoms with Gasteiger partial charge in [0, 0.05) is 13.3 Å². The van der Waals surface area contributed by atoms with Gasteiger partial charge in [-0.2, -0.15) is 0 Å². The highest BCUT2D eigenvalue weighted by Crippen LogP contribution is 2.06. The number of aryl methyl sites for hydroxylation is 1. The van der Waals surface area contributed by atoms with Gasteiger partial charge in [0.05, 0.1) is 0 Å². The van der Waals surface area contributed by atoms with Crippen LogP contribution in [0.3, 0.4) is 0 Å². The molecule has 3 N–H and O–H groups in total. The van der Waals surface area contributed by atoms with Crippen LogP contribution < -0.4 is 11.1 Å². The van der Waals surface area contributed by atoms with E-state index in [-0.39, 0.29) is 5.91 Å². The highest BCUT2D eigenvalue weighted by Gasteiger charge is 2.16. The molecule has 0 aromatic heterocycles. The normalized spacial score (nSPS) is 11.9. The fourth-order valence-corrected chi connectivity index (χ4v) is 1.54. The molecular formula is C12H16N2O2. The molecule has 0 heterocycles. The molecule has 0 saturated heterocycles. The summed E-state index contributed by atoms with van der Waals surface area (Å²) >= 11 is 0. The number of rotatable bonds is 4. The Bertz CT molecular complexity index is 402. The first kappa shape index (κ1) is 12.2. The van der Waals surface area contributed by atoms with Crippen molar-refractivity contribution < 1.29 is 9.59 Å². The molecule has 4 nitrogen and oxygen atoms in total. The van der Waals surface area contributed by atoms with E-state index >= 15 is 0 Å². The second-order valence-corrected chi connectivity index (χ2v) is 3.85. The third-order valence-electron chi connectivity index (χ3n) is 2.24. The summed E-state index contributed by atoms with van der Waals surface area (Å²) in [7, 11) is 0. The summed E-state index contributed by atoms with van der Waals surface area (Å²) < 4.78 is 0. The number of carbonyl (C=O) groups excluding carboxylic acids is 2. The zero-order valence-electron chi connectivity index (χ0n) is 9.49. The van der Waals surface area contributed by atoms with E-state index in [2.05, 4.69) is 5.32 Å². The Kier molecular flexibility index (Phi) is 4.05. The molecule has 1 atom stereocenters. The highest BCUT2D eigenvalue weighted by molar-refractivity contribution is 5.85. The molecule has 1 aromatic carbocycles. The average molecular weight is 220 g/mol. The predicted molar refractivity (Wildman–Crippen MR) is 61.7 cm³/mol. The molecule has 0 radical (unpaired) electrons. The average Bonchev–Trinajstić information content (AvgIpc) is 2.15. The van der Waals surface area contributed by atoms with Crippen molar-refractivity contribution in [3.05, 3.63) is 35.4 Å². The van der Waals surface area contributed by atoms with E-state index in [1.54, 1.807) is 0 Å². The number of nitrogens with one attached hydrogen (secondary N) is 1. The van der Waals surface area contributed by atoms with Gasteiger partial charge in [-0.25, -0.2) is 0 Å². The SMILES string of the molecule is CC(=O)N[C@@H](Cc1cccc(C)c1)C(N)=O. The van der Waals surface area contributed by atoms with Crippen LogP contribution in [0.25, 0.3) is 0 Å². The fraction of sp³-hybridized carbons (Fsp3) is 0.333. The molecule has 1 rings (SSSR count). The molecule has 2 amide bonds. The van der Waals surface area contributed by atoms with Crippen molar-refractivity contribution in [3.63, 3.8) is 0 Å². The van der Waals surface area contributed by atoms with Gasteiger partial charge < -0.3 is 11.1 Å². The molecule has 86 valence electrons. The lowest BCUT2D eigenvalue weighted by Gasteiger charge is -2.14. The zero-order valence-corrected chi connectivity index (χ0v) is 9.49. The molecular weight excluding hydrogens is 204 g/mol. The standard InChI is InChI=1S/C12H16N2O2/c1-8-4-3-5-10(6-8)7-11(12(13)16)14-9(2)15/h3-6,11H,7H2,1-2H3,(H2,13,16)(H,14,15)/t11-/m0/s1. The number of amides is 2. The Morgan fingerprint density at radius 1 is 1.44 bits per heavy atom. The Morgan fingerprint density at radius 3 is 2.62 bits per heavy atom. The van der Waals surface area contributed by atoms with Crippen molar-refractivity contribution in [1.82, 2.24) is 5.32 Å². The first-order valence-corrected chi connectivity index (χ1v) is 5.11. The summed E-state index contributed by atoms with van der Waals surface area (Å²) in [6.45, 7) is 3.34. The predicted octanol–water partition coefficient (Wildman–Crippen LogP) is 0.528. The van der Waals surface area contributed by atoms with Crippen LogP contribution in [-0.4, -0.2) is 17.9 Å². The monoisotopic (exact) mass is 220 g/mol. The van der Waals surface area contributed by atoms with Crippen LogP contribution in [0, 0.1) is 6.92 Å². The Morgan fingerprint density at radius 2 is 2.12 bits per heavy atom. The van der Waals surface area contributed by atoms with E-state index in [1.807, 2.05) is 31.2 Å². The van der Waals surface area contributed by atoms with Gasteiger partial charge in [0.2, 0.25) is 11.8 Å². The second-order valence-electron chi connectivity index (χ2n) is 3.85. The number of carbonyl (C=O) groups is 2. The highest BCUT2D eigenvalue weighted by atomic mass is 16.2. The summed E-state index contributed by atoms with van der Waals surface area (Å²) in [5.41, 5.74) is 7.32. The molecule has 16 heavy (non-hydrogen) atoms. The molecule has 0 aliphatic carbocycles. The number of hydrogen-bond donors (Lipinski definition) is 2. The van der Waals surface area contributed by atoms with E-state index in [0.29, 0.717) is 6.42 Å². The fourth-order valence-electron chi connectivity index (χ4n) is 1.54. The molecule has 4 heteroatoms. The summed E-state index contributed by atoms with van der Waals surface area (Å²) in [4.78, 5) is 22.0. The Balaban J connectivity index is 2.75. The quantitative estimate of drug-likeness (QED) is 0.776. The van der Waals surface area contributed by atoms with Crippen LogP contribution in [0.5, 0.6) is 0 Å². The maximum absolute atomic E-state index is 11.1. The summed E-state index contributed by atoms with van der Waals surface area (Å²) in [5.74, 6) is -0.770. The van der Waals surface area contributed by atoms with E-state index in [9.17, 15) is 9.59 Å². The third-order valence-corrected chi connectivity index (χ3v) is 2.24. The number of hydrogen-bond acceptors (Lipinski definition) is 2. The smallest absolute Gasteiger partial charge is 0.240 e. The molecule has 0 bridgehead atoms. The minimum absolute atomic E-state index is 0.253. The van der Waals surface area contributed by atoms with Crippen molar-refractivity contribution in [2.24, 2.45) is 5.73 Å². The summed E-state index contributed by atoms with van der Waals surface area (Å²) in [5, 5.41) is 2.53. The minimum Gasteiger partial charge on any atom is -0.368 e. The van der Waals surface area contributed by atoms with Gasteiger partial charge in [-0.15, -0.1) is 0 Å². The van der Waals surface area contributed by atoms with Crippen LogP contribution in [0.4, 0.5) is 0 Å². The molecule has 1 aromatic rings. The van der Waals surface area contributed by atoms with Crippen molar-refractivity contribution in [1.29, 1.82) is 0 Å². The van der Waals surface area contributed by atoms with Gasteiger partial charge in [0.1, 0.15) is 6.04 Å². The van der Waals surface area contributed by atoms with Crippen LogP contribution in [0.1, 0.15) is 18.1 Å².